The SMILES string of the molecule is CCOC(=O)c1c(N)/c(=C\c2ccc(O)cc2)c2n1C(=O)[C@H](c1ccc(O)cc1)SC=2C(=O)OC. The molecule has 4 rings (SSSR count). The summed E-state index contributed by atoms with van der Waals surface area (Å²) in [5.41, 5.74) is 7.30. The van der Waals surface area contributed by atoms with Gasteiger partial charge < -0.3 is 25.4 Å². The largest absolute Gasteiger partial charge is 0.508 e. The van der Waals surface area contributed by atoms with Crippen LogP contribution in [0.25, 0.3) is 11.0 Å². The van der Waals surface area contributed by atoms with Crippen molar-refractivity contribution in [2.24, 2.45) is 0 Å². The quantitative estimate of drug-likeness (QED) is 0.454. The van der Waals surface area contributed by atoms with Crippen molar-refractivity contribution in [1.29, 1.82) is 0 Å². The Labute approximate surface area is 204 Å². The van der Waals surface area contributed by atoms with Gasteiger partial charge >= 0.3 is 11.9 Å². The summed E-state index contributed by atoms with van der Waals surface area (Å²) in [4.78, 5) is 39.7. The summed E-state index contributed by atoms with van der Waals surface area (Å²) in [5, 5.41) is 18.7. The standard InChI is InChI=1S/C25H22N2O7S/c1-3-34-24(31)20-18(26)17(12-13-4-8-15(28)9-5-13)19-22(25(32)33-2)35-21(23(30)27(19)20)14-6-10-16(29)11-7-14/h4-12,21,28-29H,3,26H2,1-2H3/b17-12+/t21-/m0/s1. The number of fused-ring (bicyclic) bond motifs is 1. The number of hydrogen-bond donors (Lipinski definition) is 3. The molecule has 1 aromatic heterocycles. The number of methoxy groups -OCH3 is 1. The highest BCUT2D eigenvalue weighted by Crippen LogP contribution is 2.40. The molecule has 0 saturated carbocycles. The van der Waals surface area contributed by atoms with Crippen LogP contribution in [0, 0.1) is 0 Å². The second kappa shape index (κ2) is 9.59. The topological polar surface area (TPSA) is 141 Å². The molecular weight excluding hydrogens is 472 g/mol. The lowest BCUT2D eigenvalue weighted by Gasteiger charge is -2.23. The number of anilines is 1. The van der Waals surface area contributed by atoms with Crippen LogP contribution >= 0.6 is 11.8 Å². The van der Waals surface area contributed by atoms with E-state index in [2.05, 4.69) is 0 Å². The predicted molar refractivity (Wildman–Crippen MR) is 130 cm³/mol. The summed E-state index contributed by atoms with van der Waals surface area (Å²) in [7, 11) is 1.22. The average Bonchev–Trinajstić information content (AvgIpc) is 3.13. The number of nitrogens with zero attached hydrogens (tertiary/aromatic N) is 1. The van der Waals surface area contributed by atoms with Crippen LogP contribution in [0.3, 0.4) is 0 Å². The number of benzene rings is 2. The van der Waals surface area contributed by atoms with Crippen molar-refractivity contribution >= 4 is 46.3 Å². The van der Waals surface area contributed by atoms with E-state index in [0.717, 1.165) is 16.3 Å². The van der Waals surface area contributed by atoms with Crippen LogP contribution in [-0.2, 0) is 14.3 Å². The van der Waals surface area contributed by atoms with Crippen LogP contribution in [0.5, 0.6) is 11.5 Å². The molecule has 4 N–H and O–H groups in total. The molecule has 2 heterocycles. The third-order valence-electron chi connectivity index (χ3n) is 5.38. The Morgan fingerprint density at radius 1 is 1.06 bits per heavy atom. The fourth-order valence-corrected chi connectivity index (χ4v) is 5.00. The van der Waals surface area contributed by atoms with Crippen molar-refractivity contribution in [3.8, 4) is 11.5 Å². The average molecular weight is 495 g/mol. The Morgan fingerprint density at radius 2 is 1.66 bits per heavy atom. The first kappa shape index (κ1) is 24.0. The number of phenols is 2. The first-order valence-corrected chi connectivity index (χ1v) is 11.4. The van der Waals surface area contributed by atoms with E-state index >= 15 is 0 Å². The van der Waals surface area contributed by atoms with E-state index < -0.39 is 23.1 Å². The summed E-state index contributed by atoms with van der Waals surface area (Å²) in [6, 6.07) is 12.2. The maximum Gasteiger partial charge on any atom is 0.357 e. The van der Waals surface area contributed by atoms with Gasteiger partial charge in [-0.15, -0.1) is 0 Å². The number of nitrogen functional groups attached to an aromatic ring is 1. The molecule has 0 unspecified atom stereocenters. The highest BCUT2D eigenvalue weighted by Gasteiger charge is 2.38. The van der Waals surface area contributed by atoms with Crippen molar-refractivity contribution in [2.45, 2.75) is 12.2 Å². The molecule has 2 aromatic carbocycles. The maximum atomic E-state index is 13.8. The van der Waals surface area contributed by atoms with Crippen LogP contribution in [0.4, 0.5) is 5.69 Å². The van der Waals surface area contributed by atoms with E-state index in [0.29, 0.717) is 11.1 Å². The van der Waals surface area contributed by atoms with Gasteiger partial charge in [-0.25, -0.2) is 9.59 Å². The first-order valence-electron chi connectivity index (χ1n) is 10.6. The van der Waals surface area contributed by atoms with Gasteiger partial charge in [0.1, 0.15) is 21.7 Å². The molecule has 0 saturated heterocycles. The number of hydrogen-bond acceptors (Lipinski definition) is 9. The number of nitrogens with two attached hydrogens (primary N) is 1. The monoisotopic (exact) mass is 494 g/mol. The van der Waals surface area contributed by atoms with Crippen molar-refractivity contribution in [2.75, 3.05) is 19.5 Å². The third-order valence-corrected chi connectivity index (χ3v) is 6.69. The van der Waals surface area contributed by atoms with Gasteiger partial charge in [0.25, 0.3) is 0 Å². The summed E-state index contributed by atoms with van der Waals surface area (Å²) in [6.07, 6.45) is 1.61. The Morgan fingerprint density at radius 3 is 2.23 bits per heavy atom. The molecule has 0 spiro atoms. The number of phenolic OH excluding ortho intramolecular Hbond substituents is 2. The normalized spacial score (nSPS) is 15.6. The molecule has 0 amide bonds. The molecule has 1 aliphatic rings. The van der Waals surface area contributed by atoms with Gasteiger partial charge in [0, 0.05) is 5.22 Å². The molecule has 1 aliphatic heterocycles. The Bertz CT molecular complexity index is 1440. The zero-order valence-corrected chi connectivity index (χ0v) is 19.7. The van der Waals surface area contributed by atoms with Gasteiger partial charge in [-0.2, -0.15) is 0 Å². The molecule has 1 atom stereocenters. The summed E-state index contributed by atoms with van der Waals surface area (Å²) in [6.45, 7) is 1.67. The van der Waals surface area contributed by atoms with Crippen molar-refractivity contribution in [3.63, 3.8) is 0 Å². The predicted octanol–water partition coefficient (Wildman–Crippen LogP) is 1.90. The molecule has 0 bridgehead atoms. The van der Waals surface area contributed by atoms with E-state index in [-0.39, 0.29) is 45.0 Å². The Kier molecular flexibility index (Phi) is 6.57. The summed E-state index contributed by atoms with van der Waals surface area (Å²) in [5.74, 6) is -1.96. The number of esters is 2. The smallest absolute Gasteiger partial charge is 0.357 e. The number of carbonyl (C=O) groups excluding carboxylic acids is 3. The number of aromatic hydroxyl groups is 2. The number of aromatic nitrogens is 1. The fraction of sp³-hybridized carbons (Fsp3) is 0.160. The van der Waals surface area contributed by atoms with Gasteiger partial charge in [-0.05, 0) is 48.4 Å². The van der Waals surface area contributed by atoms with Crippen molar-refractivity contribution < 1.29 is 34.1 Å². The molecule has 3 aromatic rings. The number of carbonyl (C=O) groups is 3. The molecule has 0 radical (unpaired) electrons. The number of rotatable bonds is 5. The van der Waals surface area contributed by atoms with Gasteiger partial charge in [0.15, 0.2) is 5.69 Å². The molecule has 9 nitrogen and oxygen atoms in total. The first-order chi connectivity index (χ1) is 16.8. The molecule has 0 fully saturated rings. The lowest BCUT2D eigenvalue weighted by molar-refractivity contribution is -0.133. The highest BCUT2D eigenvalue weighted by molar-refractivity contribution is 8.10. The lowest BCUT2D eigenvalue weighted by Crippen LogP contribution is -2.42. The van der Waals surface area contributed by atoms with E-state index in [4.69, 9.17) is 15.2 Å². The van der Waals surface area contributed by atoms with Gasteiger partial charge in [0.2, 0.25) is 5.91 Å². The number of thioether (sulfide) groups is 1. The maximum absolute atomic E-state index is 13.8. The van der Waals surface area contributed by atoms with E-state index in [9.17, 15) is 24.6 Å². The Balaban J connectivity index is 2.08. The molecule has 0 aliphatic carbocycles. The molecular formula is C25H22N2O7S. The minimum Gasteiger partial charge on any atom is -0.508 e. The van der Waals surface area contributed by atoms with Crippen LogP contribution in [0.1, 0.15) is 38.6 Å². The van der Waals surface area contributed by atoms with E-state index in [1.54, 1.807) is 37.3 Å². The third kappa shape index (κ3) is 4.35. The molecule has 35 heavy (non-hydrogen) atoms. The minimum atomic E-state index is -0.918. The lowest BCUT2D eigenvalue weighted by atomic mass is 10.1. The van der Waals surface area contributed by atoms with Crippen molar-refractivity contribution in [1.82, 2.24) is 4.57 Å². The van der Waals surface area contributed by atoms with Gasteiger partial charge in [-0.1, -0.05) is 36.0 Å². The van der Waals surface area contributed by atoms with Crippen LogP contribution in [0.2, 0.25) is 0 Å². The second-order valence-electron chi connectivity index (χ2n) is 7.56. The summed E-state index contributed by atoms with van der Waals surface area (Å²) < 4.78 is 11.3. The Hall–Kier alpha value is -4.18. The zero-order valence-electron chi connectivity index (χ0n) is 18.8. The zero-order chi connectivity index (χ0) is 25.3. The molecule has 10 heteroatoms. The highest BCUT2D eigenvalue weighted by atomic mass is 32.2. The minimum absolute atomic E-state index is 0.0167. The van der Waals surface area contributed by atoms with E-state index in [1.807, 2.05) is 0 Å². The summed E-state index contributed by atoms with van der Waals surface area (Å²) >= 11 is 0.971. The number of ether oxygens (including phenoxy) is 2. The fourth-order valence-electron chi connectivity index (χ4n) is 3.77. The van der Waals surface area contributed by atoms with Gasteiger partial charge in [0.05, 0.1) is 24.8 Å². The van der Waals surface area contributed by atoms with Gasteiger partial charge in [-0.3, -0.25) is 9.36 Å². The van der Waals surface area contributed by atoms with Crippen LogP contribution < -0.4 is 16.3 Å². The van der Waals surface area contributed by atoms with Crippen LogP contribution in [0.15, 0.2) is 48.5 Å². The molecule has 180 valence electrons. The van der Waals surface area contributed by atoms with E-state index in [1.165, 1.54) is 31.4 Å². The van der Waals surface area contributed by atoms with Crippen molar-refractivity contribution in [3.05, 3.63) is 75.9 Å². The van der Waals surface area contributed by atoms with Crippen LogP contribution in [-0.4, -0.2) is 46.3 Å². The second-order valence-corrected chi connectivity index (χ2v) is 8.68.